The topological polar surface area (TPSA) is 131 Å². The van der Waals surface area contributed by atoms with Gasteiger partial charge in [0.25, 0.3) is 5.91 Å². The molecule has 0 fully saturated rings. The molecule has 3 amide bonds. The Balaban J connectivity index is 1.44. The average Bonchev–Trinajstić information content (AvgIpc) is 3.26. The van der Waals surface area contributed by atoms with Gasteiger partial charge in [-0.1, -0.05) is 42.5 Å². The fourth-order valence-electron chi connectivity index (χ4n) is 5.08. The van der Waals surface area contributed by atoms with Crippen molar-refractivity contribution in [3.8, 4) is 0 Å². The number of benzene rings is 2. The Hall–Kier alpha value is -3.86. The van der Waals surface area contributed by atoms with Crippen LogP contribution in [0.5, 0.6) is 0 Å². The molecule has 0 saturated carbocycles. The van der Waals surface area contributed by atoms with E-state index in [4.69, 9.17) is 15.2 Å². The lowest BCUT2D eigenvalue weighted by Crippen LogP contribution is -2.46. The van der Waals surface area contributed by atoms with E-state index in [1.807, 2.05) is 42.5 Å². The average molecular weight is 642 g/mol. The van der Waals surface area contributed by atoms with E-state index in [-0.39, 0.29) is 37.9 Å². The first-order valence-corrected chi connectivity index (χ1v) is 14.7. The molecule has 42 heavy (non-hydrogen) atoms. The van der Waals surface area contributed by atoms with Gasteiger partial charge in [0.1, 0.15) is 18.2 Å². The Morgan fingerprint density at radius 1 is 1.12 bits per heavy atom. The Labute approximate surface area is 254 Å². The number of ether oxygens (including phenoxy) is 2. The number of anilines is 1. The molecule has 2 aliphatic rings. The summed E-state index contributed by atoms with van der Waals surface area (Å²) in [5.41, 5.74) is 7.80. The number of esters is 1. The van der Waals surface area contributed by atoms with E-state index in [0.29, 0.717) is 36.3 Å². The van der Waals surface area contributed by atoms with Crippen molar-refractivity contribution in [2.45, 2.75) is 70.9 Å². The molecule has 2 aliphatic heterocycles. The molecule has 10 nitrogen and oxygen atoms in total. The van der Waals surface area contributed by atoms with Crippen LogP contribution in [0.4, 0.5) is 10.5 Å². The molecule has 0 bridgehead atoms. The number of carbonyl (C=O) groups excluding carboxylic acids is 4. The van der Waals surface area contributed by atoms with Crippen LogP contribution in [-0.4, -0.2) is 64.5 Å². The van der Waals surface area contributed by atoms with Gasteiger partial charge in [-0.15, -0.1) is 0 Å². The number of hydrogen-bond acceptors (Lipinski definition) is 7. The molecule has 0 spiro atoms. The van der Waals surface area contributed by atoms with Crippen LogP contribution in [0, 0.1) is 0 Å². The molecule has 0 saturated heterocycles. The van der Waals surface area contributed by atoms with Crippen LogP contribution in [0.1, 0.15) is 61.5 Å². The van der Waals surface area contributed by atoms with E-state index in [2.05, 4.69) is 21.2 Å². The molecule has 224 valence electrons. The number of fused-ring (bicyclic) bond motifs is 1. The highest BCUT2D eigenvalue weighted by molar-refractivity contribution is 9.10. The SMILES string of the molecule is CC(C)(C)OC(=O)CCC(C(N)=O)N1Cc2c(ccc(Br)c2NCC2CC=CCN2C(=O)OCc2ccccc2)C1=O. The van der Waals surface area contributed by atoms with Gasteiger partial charge in [0, 0.05) is 41.7 Å². The van der Waals surface area contributed by atoms with Crippen molar-refractivity contribution in [2.24, 2.45) is 5.73 Å². The van der Waals surface area contributed by atoms with Crippen molar-refractivity contribution in [3.63, 3.8) is 0 Å². The third-order valence-corrected chi connectivity index (χ3v) is 7.76. The predicted octanol–water partition coefficient (Wildman–Crippen LogP) is 4.76. The maximum Gasteiger partial charge on any atom is 0.410 e. The van der Waals surface area contributed by atoms with E-state index in [0.717, 1.165) is 10.0 Å². The van der Waals surface area contributed by atoms with Crippen LogP contribution in [-0.2, 0) is 32.2 Å². The zero-order chi connectivity index (χ0) is 30.4. The number of nitrogens with two attached hydrogens (primary N) is 1. The quantitative estimate of drug-likeness (QED) is 0.283. The van der Waals surface area contributed by atoms with E-state index >= 15 is 0 Å². The molecule has 0 aliphatic carbocycles. The summed E-state index contributed by atoms with van der Waals surface area (Å²) in [6.45, 7) is 6.46. The molecule has 2 heterocycles. The second-order valence-corrected chi connectivity index (χ2v) is 12.2. The highest BCUT2D eigenvalue weighted by Gasteiger charge is 2.38. The molecule has 2 atom stereocenters. The van der Waals surface area contributed by atoms with Crippen molar-refractivity contribution >= 4 is 45.5 Å². The predicted molar refractivity (Wildman–Crippen MR) is 161 cm³/mol. The molecule has 0 aromatic heterocycles. The minimum absolute atomic E-state index is 0.0504. The molecule has 2 unspecified atom stereocenters. The van der Waals surface area contributed by atoms with E-state index in [1.54, 1.807) is 37.8 Å². The highest BCUT2D eigenvalue weighted by atomic mass is 79.9. The molecule has 4 rings (SSSR count). The van der Waals surface area contributed by atoms with Crippen LogP contribution in [0.2, 0.25) is 0 Å². The van der Waals surface area contributed by atoms with Crippen LogP contribution in [0.15, 0.2) is 59.1 Å². The molecule has 0 radical (unpaired) electrons. The molecule has 3 N–H and O–H groups in total. The van der Waals surface area contributed by atoms with E-state index in [9.17, 15) is 19.2 Å². The van der Waals surface area contributed by atoms with Crippen molar-refractivity contribution in [1.82, 2.24) is 9.80 Å². The van der Waals surface area contributed by atoms with Gasteiger partial charge in [0.2, 0.25) is 5.91 Å². The van der Waals surface area contributed by atoms with Gasteiger partial charge in [-0.3, -0.25) is 19.3 Å². The minimum Gasteiger partial charge on any atom is -0.460 e. The summed E-state index contributed by atoms with van der Waals surface area (Å²) in [5, 5.41) is 3.43. The third-order valence-electron chi connectivity index (χ3n) is 7.10. The highest BCUT2D eigenvalue weighted by Crippen LogP contribution is 2.37. The van der Waals surface area contributed by atoms with Crippen LogP contribution in [0.25, 0.3) is 0 Å². The van der Waals surface area contributed by atoms with Gasteiger partial charge < -0.3 is 25.4 Å². The summed E-state index contributed by atoms with van der Waals surface area (Å²) in [6, 6.07) is 11.8. The Kier molecular flexibility index (Phi) is 9.93. The lowest BCUT2D eigenvalue weighted by atomic mass is 10.1. The number of nitrogens with zero attached hydrogens (tertiary/aromatic N) is 2. The van der Waals surface area contributed by atoms with Crippen molar-refractivity contribution in [1.29, 1.82) is 0 Å². The fraction of sp³-hybridized carbons (Fsp3) is 0.419. The third kappa shape index (κ3) is 7.70. The van der Waals surface area contributed by atoms with Gasteiger partial charge in [0.15, 0.2) is 0 Å². The second kappa shape index (κ2) is 13.4. The van der Waals surface area contributed by atoms with E-state index < -0.39 is 29.6 Å². The maximum atomic E-state index is 13.4. The fourth-order valence-corrected chi connectivity index (χ4v) is 5.59. The number of nitrogens with one attached hydrogen (secondary N) is 1. The normalized spacial score (nSPS) is 17.0. The van der Waals surface area contributed by atoms with Crippen molar-refractivity contribution in [2.75, 3.05) is 18.4 Å². The summed E-state index contributed by atoms with van der Waals surface area (Å²) in [6.07, 6.45) is 4.22. The zero-order valence-corrected chi connectivity index (χ0v) is 25.7. The molecular weight excluding hydrogens is 604 g/mol. The van der Waals surface area contributed by atoms with E-state index in [1.165, 1.54) is 4.90 Å². The first-order valence-electron chi connectivity index (χ1n) is 13.9. The van der Waals surface area contributed by atoms with Crippen LogP contribution in [0.3, 0.4) is 0 Å². The second-order valence-electron chi connectivity index (χ2n) is 11.4. The van der Waals surface area contributed by atoms with Crippen LogP contribution < -0.4 is 11.1 Å². The number of halogens is 1. The number of primary amides is 1. The van der Waals surface area contributed by atoms with Crippen LogP contribution >= 0.6 is 15.9 Å². The number of rotatable bonds is 10. The summed E-state index contributed by atoms with van der Waals surface area (Å²) < 4.78 is 11.7. The zero-order valence-electron chi connectivity index (χ0n) is 24.1. The summed E-state index contributed by atoms with van der Waals surface area (Å²) in [7, 11) is 0. The summed E-state index contributed by atoms with van der Waals surface area (Å²) >= 11 is 3.59. The number of amides is 3. The lowest BCUT2D eigenvalue weighted by molar-refractivity contribution is -0.155. The van der Waals surface area contributed by atoms with Gasteiger partial charge in [0.05, 0.1) is 11.7 Å². The smallest absolute Gasteiger partial charge is 0.410 e. The van der Waals surface area contributed by atoms with Crippen molar-refractivity contribution in [3.05, 3.63) is 75.8 Å². The standard InChI is InChI=1S/C31H37BrN4O6/c1-31(2,3)42-26(37)15-14-25(28(33)38)36-18-23-22(29(36)39)12-13-24(32)27(23)34-17-21-11-7-8-16-35(21)30(40)41-19-20-9-5-4-6-10-20/h4-10,12-13,21,25,34H,11,14-19H2,1-3H3,(H2,33,38). The monoisotopic (exact) mass is 640 g/mol. The summed E-state index contributed by atoms with van der Waals surface area (Å²) in [5.74, 6) is -1.48. The van der Waals surface area contributed by atoms with Crippen molar-refractivity contribution < 1.29 is 28.7 Å². The number of carbonyl (C=O) groups is 4. The molecule has 2 aromatic carbocycles. The Morgan fingerprint density at radius 3 is 2.55 bits per heavy atom. The first kappa shape index (κ1) is 31.1. The molecule has 11 heteroatoms. The first-order chi connectivity index (χ1) is 19.9. The lowest BCUT2D eigenvalue weighted by Gasteiger charge is -2.33. The number of hydrogen-bond donors (Lipinski definition) is 2. The molecule has 2 aromatic rings. The van der Waals surface area contributed by atoms with Gasteiger partial charge in [-0.05, 0) is 67.2 Å². The maximum absolute atomic E-state index is 13.4. The van der Waals surface area contributed by atoms with Gasteiger partial charge in [-0.25, -0.2) is 4.79 Å². The Morgan fingerprint density at radius 2 is 1.86 bits per heavy atom. The Bertz CT molecular complexity index is 1360. The summed E-state index contributed by atoms with van der Waals surface area (Å²) in [4.78, 5) is 54.1. The largest absolute Gasteiger partial charge is 0.460 e. The minimum atomic E-state index is -0.970. The van der Waals surface area contributed by atoms with Gasteiger partial charge in [-0.2, -0.15) is 0 Å². The molecular formula is C31H37BrN4O6. The van der Waals surface area contributed by atoms with Gasteiger partial charge >= 0.3 is 12.1 Å².